The standard InChI is InChI=1S/C25H22N4O5/c1-15-13-17(14-19(21(15)30)23-28-22-20(34-23)5-4-12-26-22)27-24(31)25(10-2-3-11-25)16-6-8-18(9-7-16)29(32)33/h4-9,12-14,30H,2-3,10-11H2,1H3,(H,27,31). The molecule has 0 bridgehead atoms. The van der Waals surface area contributed by atoms with Crippen molar-refractivity contribution >= 4 is 28.5 Å². The number of rotatable bonds is 5. The Morgan fingerprint density at radius 1 is 1.18 bits per heavy atom. The molecule has 1 aliphatic carbocycles. The zero-order valence-corrected chi connectivity index (χ0v) is 18.4. The predicted molar refractivity (Wildman–Crippen MR) is 126 cm³/mol. The molecule has 1 saturated carbocycles. The lowest BCUT2D eigenvalue weighted by atomic mass is 9.78. The lowest BCUT2D eigenvalue weighted by Crippen LogP contribution is -2.38. The molecule has 0 atom stereocenters. The molecule has 0 saturated heterocycles. The first-order valence-corrected chi connectivity index (χ1v) is 11.0. The van der Waals surface area contributed by atoms with Crippen LogP contribution in [0.1, 0.15) is 36.8 Å². The molecule has 4 aromatic rings. The number of oxazole rings is 1. The first kappa shape index (κ1) is 21.6. The number of phenolic OH excluding ortho intramolecular Hbond substituents is 1. The second-order valence-corrected chi connectivity index (χ2v) is 8.58. The van der Waals surface area contributed by atoms with Gasteiger partial charge in [0, 0.05) is 24.0 Å². The van der Waals surface area contributed by atoms with Gasteiger partial charge in [-0.1, -0.05) is 25.0 Å². The zero-order valence-electron chi connectivity index (χ0n) is 18.4. The van der Waals surface area contributed by atoms with Crippen molar-refractivity contribution in [2.75, 3.05) is 5.32 Å². The third-order valence-corrected chi connectivity index (χ3v) is 6.48. The lowest BCUT2D eigenvalue weighted by molar-refractivity contribution is -0.384. The van der Waals surface area contributed by atoms with E-state index >= 15 is 0 Å². The molecule has 9 heteroatoms. The third kappa shape index (κ3) is 3.64. The number of fused-ring (bicyclic) bond motifs is 1. The fraction of sp³-hybridized carbons (Fsp3) is 0.240. The minimum Gasteiger partial charge on any atom is -0.507 e. The number of hydrogen-bond acceptors (Lipinski definition) is 7. The maximum atomic E-state index is 13.6. The van der Waals surface area contributed by atoms with E-state index in [9.17, 15) is 20.0 Å². The SMILES string of the molecule is Cc1cc(NC(=O)C2(c3ccc([N+](=O)[O-])cc3)CCCC2)cc(-c2nc3ncccc3o2)c1O. The molecule has 1 fully saturated rings. The van der Waals surface area contributed by atoms with Gasteiger partial charge < -0.3 is 14.8 Å². The fourth-order valence-electron chi connectivity index (χ4n) is 4.68. The number of nitrogens with one attached hydrogen (secondary N) is 1. The Morgan fingerprint density at radius 3 is 2.59 bits per heavy atom. The molecular weight excluding hydrogens is 436 g/mol. The molecule has 2 heterocycles. The van der Waals surface area contributed by atoms with Gasteiger partial charge in [-0.2, -0.15) is 4.98 Å². The van der Waals surface area contributed by atoms with Gasteiger partial charge in [0.25, 0.3) is 5.69 Å². The van der Waals surface area contributed by atoms with Crippen molar-refractivity contribution in [2.24, 2.45) is 0 Å². The van der Waals surface area contributed by atoms with Crippen LogP contribution in [0, 0.1) is 17.0 Å². The van der Waals surface area contributed by atoms with Crippen molar-refractivity contribution < 1.29 is 19.2 Å². The van der Waals surface area contributed by atoms with E-state index in [0.29, 0.717) is 40.9 Å². The normalized spacial score (nSPS) is 14.9. The molecule has 0 unspecified atom stereocenters. The van der Waals surface area contributed by atoms with E-state index in [2.05, 4.69) is 15.3 Å². The summed E-state index contributed by atoms with van der Waals surface area (Å²) in [5.41, 5.74) is 2.29. The van der Waals surface area contributed by atoms with Crippen LogP contribution in [0.5, 0.6) is 5.75 Å². The van der Waals surface area contributed by atoms with Crippen molar-refractivity contribution in [1.82, 2.24) is 9.97 Å². The molecule has 1 amide bonds. The van der Waals surface area contributed by atoms with E-state index in [1.807, 2.05) is 0 Å². The molecule has 0 radical (unpaired) electrons. The molecule has 34 heavy (non-hydrogen) atoms. The Balaban J connectivity index is 1.49. The van der Waals surface area contributed by atoms with Gasteiger partial charge in [0.05, 0.1) is 15.9 Å². The van der Waals surface area contributed by atoms with Gasteiger partial charge in [0.1, 0.15) is 5.75 Å². The second-order valence-electron chi connectivity index (χ2n) is 8.58. The van der Waals surface area contributed by atoms with E-state index in [1.54, 1.807) is 49.5 Å². The van der Waals surface area contributed by atoms with E-state index in [0.717, 1.165) is 18.4 Å². The van der Waals surface area contributed by atoms with E-state index in [4.69, 9.17) is 4.42 Å². The van der Waals surface area contributed by atoms with Gasteiger partial charge in [0.15, 0.2) is 11.2 Å². The minimum atomic E-state index is -0.775. The quantitative estimate of drug-likeness (QED) is 0.237. The summed E-state index contributed by atoms with van der Waals surface area (Å²) in [6, 6.07) is 13.0. The average Bonchev–Trinajstić information content (AvgIpc) is 3.49. The highest BCUT2D eigenvalue weighted by atomic mass is 16.6. The molecule has 1 aliphatic rings. The number of benzene rings is 2. The van der Waals surface area contributed by atoms with Gasteiger partial charge in [-0.05, 0) is 55.2 Å². The van der Waals surface area contributed by atoms with Crippen LogP contribution in [0.2, 0.25) is 0 Å². The van der Waals surface area contributed by atoms with Crippen LogP contribution in [-0.2, 0) is 10.2 Å². The zero-order chi connectivity index (χ0) is 23.9. The molecule has 0 spiro atoms. The first-order valence-electron chi connectivity index (χ1n) is 11.0. The number of pyridine rings is 1. The number of carbonyl (C=O) groups excluding carboxylic acids is 1. The number of aromatic nitrogens is 2. The van der Waals surface area contributed by atoms with Gasteiger partial charge >= 0.3 is 0 Å². The summed E-state index contributed by atoms with van der Waals surface area (Å²) < 4.78 is 5.77. The van der Waals surface area contributed by atoms with Crippen LogP contribution in [0.15, 0.2) is 59.1 Å². The Bertz CT molecular complexity index is 1370. The van der Waals surface area contributed by atoms with Crippen LogP contribution in [0.3, 0.4) is 0 Å². The number of nitrogens with zero attached hydrogens (tertiary/aromatic N) is 3. The highest BCUT2D eigenvalue weighted by Gasteiger charge is 2.43. The number of hydrogen-bond donors (Lipinski definition) is 2. The minimum absolute atomic E-state index is 0.00973. The fourth-order valence-corrected chi connectivity index (χ4v) is 4.68. The number of non-ortho nitro benzene ring substituents is 1. The number of aromatic hydroxyl groups is 1. The Morgan fingerprint density at radius 2 is 1.91 bits per heavy atom. The van der Waals surface area contributed by atoms with Crippen LogP contribution in [-0.4, -0.2) is 25.9 Å². The molecule has 5 rings (SSSR count). The smallest absolute Gasteiger partial charge is 0.269 e. The predicted octanol–water partition coefficient (Wildman–Crippen LogP) is 5.26. The highest BCUT2D eigenvalue weighted by molar-refractivity contribution is 6.00. The molecule has 9 nitrogen and oxygen atoms in total. The van der Waals surface area contributed by atoms with Crippen molar-refractivity contribution in [3.8, 4) is 17.2 Å². The Labute approximate surface area is 194 Å². The number of phenols is 1. The topological polar surface area (TPSA) is 131 Å². The Kier molecular flexibility index (Phi) is 5.24. The average molecular weight is 458 g/mol. The van der Waals surface area contributed by atoms with E-state index < -0.39 is 10.3 Å². The molecule has 0 aliphatic heterocycles. The summed E-state index contributed by atoms with van der Waals surface area (Å²) >= 11 is 0. The summed E-state index contributed by atoms with van der Waals surface area (Å²) in [6.45, 7) is 1.73. The van der Waals surface area contributed by atoms with Gasteiger partial charge in [-0.3, -0.25) is 14.9 Å². The number of carbonyl (C=O) groups is 1. The summed E-state index contributed by atoms with van der Waals surface area (Å²) in [5, 5.41) is 24.7. The van der Waals surface area contributed by atoms with E-state index in [-0.39, 0.29) is 23.2 Å². The summed E-state index contributed by atoms with van der Waals surface area (Å²) in [4.78, 5) is 32.7. The molecule has 2 aromatic carbocycles. The van der Waals surface area contributed by atoms with Gasteiger partial charge in [-0.25, -0.2) is 4.98 Å². The maximum absolute atomic E-state index is 13.6. The largest absolute Gasteiger partial charge is 0.507 e. The number of aryl methyl sites for hydroxylation is 1. The molecule has 2 N–H and O–H groups in total. The number of amides is 1. The number of nitro benzene ring substituents is 1. The molecular formula is C25H22N4O5. The monoisotopic (exact) mass is 458 g/mol. The second kappa shape index (κ2) is 8.26. The van der Waals surface area contributed by atoms with Crippen LogP contribution < -0.4 is 5.32 Å². The van der Waals surface area contributed by atoms with Gasteiger partial charge in [0.2, 0.25) is 11.8 Å². The van der Waals surface area contributed by atoms with E-state index in [1.165, 1.54) is 12.1 Å². The lowest BCUT2D eigenvalue weighted by Gasteiger charge is -2.28. The van der Waals surface area contributed by atoms with Crippen LogP contribution in [0.4, 0.5) is 11.4 Å². The number of nitro groups is 1. The number of anilines is 1. The van der Waals surface area contributed by atoms with Gasteiger partial charge in [-0.15, -0.1) is 0 Å². The van der Waals surface area contributed by atoms with Crippen LogP contribution in [0.25, 0.3) is 22.7 Å². The van der Waals surface area contributed by atoms with Crippen molar-refractivity contribution in [2.45, 2.75) is 38.0 Å². The third-order valence-electron chi connectivity index (χ3n) is 6.48. The van der Waals surface area contributed by atoms with Crippen molar-refractivity contribution in [3.63, 3.8) is 0 Å². The molecule has 2 aromatic heterocycles. The maximum Gasteiger partial charge on any atom is 0.269 e. The van der Waals surface area contributed by atoms with Crippen LogP contribution >= 0.6 is 0 Å². The first-order chi connectivity index (χ1) is 16.4. The Hall–Kier alpha value is -4.27. The molecule has 172 valence electrons. The summed E-state index contributed by atoms with van der Waals surface area (Å²) in [5.74, 6) is 0.0287. The van der Waals surface area contributed by atoms with Crippen molar-refractivity contribution in [3.05, 3.63) is 76.0 Å². The van der Waals surface area contributed by atoms with Crippen molar-refractivity contribution in [1.29, 1.82) is 0 Å². The summed E-state index contributed by atoms with van der Waals surface area (Å²) in [6.07, 6.45) is 4.69. The summed E-state index contributed by atoms with van der Waals surface area (Å²) in [7, 11) is 0. The highest BCUT2D eigenvalue weighted by Crippen LogP contribution is 2.43.